The summed E-state index contributed by atoms with van der Waals surface area (Å²) in [6, 6.07) is 2.17. The van der Waals surface area contributed by atoms with Gasteiger partial charge in [0.15, 0.2) is 0 Å². The highest BCUT2D eigenvalue weighted by Gasteiger charge is 1.98. The Morgan fingerprint density at radius 1 is 1.31 bits per heavy atom. The minimum atomic E-state index is 0.886. The standard InChI is InChI=1S/C12H15N/c1-4-6-11-8-12(7-5-2)10(3)13-9-11/h4-5,8-9H,1-2,6-7H2,3H3. The lowest BCUT2D eigenvalue weighted by Crippen LogP contribution is -1.94. The molecular weight excluding hydrogens is 158 g/mol. The van der Waals surface area contributed by atoms with Crippen molar-refractivity contribution in [2.75, 3.05) is 0 Å². The van der Waals surface area contributed by atoms with Gasteiger partial charge in [-0.05, 0) is 30.9 Å². The van der Waals surface area contributed by atoms with E-state index < -0.39 is 0 Å². The minimum absolute atomic E-state index is 0.886. The molecule has 0 bridgehead atoms. The van der Waals surface area contributed by atoms with Crippen LogP contribution in [0.25, 0.3) is 0 Å². The molecule has 1 rings (SSSR count). The molecule has 0 unspecified atom stereocenters. The zero-order chi connectivity index (χ0) is 9.68. The van der Waals surface area contributed by atoms with Crippen molar-refractivity contribution in [2.24, 2.45) is 0 Å². The molecule has 1 aromatic rings. The number of pyridine rings is 1. The van der Waals surface area contributed by atoms with Crippen LogP contribution in [-0.2, 0) is 12.8 Å². The van der Waals surface area contributed by atoms with E-state index in [-0.39, 0.29) is 0 Å². The Labute approximate surface area is 79.8 Å². The van der Waals surface area contributed by atoms with Crippen LogP contribution >= 0.6 is 0 Å². The molecule has 0 spiro atoms. The lowest BCUT2D eigenvalue weighted by atomic mass is 10.1. The van der Waals surface area contributed by atoms with Crippen molar-refractivity contribution in [3.63, 3.8) is 0 Å². The molecule has 0 aliphatic carbocycles. The summed E-state index contributed by atoms with van der Waals surface area (Å²) in [5, 5.41) is 0. The second-order valence-electron chi connectivity index (χ2n) is 3.07. The summed E-state index contributed by atoms with van der Waals surface area (Å²) in [6.45, 7) is 9.46. The molecule has 0 aromatic carbocycles. The molecule has 1 heterocycles. The lowest BCUT2D eigenvalue weighted by molar-refractivity contribution is 1.06. The smallest absolute Gasteiger partial charge is 0.0407 e. The maximum absolute atomic E-state index is 4.32. The Morgan fingerprint density at radius 3 is 2.62 bits per heavy atom. The van der Waals surface area contributed by atoms with Gasteiger partial charge in [-0.15, -0.1) is 13.2 Å². The van der Waals surface area contributed by atoms with Crippen LogP contribution in [0.15, 0.2) is 37.6 Å². The highest BCUT2D eigenvalue weighted by molar-refractivity contribution is 5.27. The van der Waals surface area contributed by atoms with Gasteiger partial charge >= 0.3 is 0 Å². The Morgan fingerprint density at radius 2 is 2.00 bits per heavy atom. The van der Waals surface area contributed by atoms with E-state index >= 15 is 0 Å². The number of aryl methyl sites for hydroxylation is 1. The monoisotopic (exact) mass is 173 g/mol. The van der Waals surface area contributed by atoms with Gasteiger partial charge in [0.05, 0.1) is 0 Å². The predicted molar refractivity (Wildman–Crippen MR) is 56.8 cm³/mol. The second-order valence-corrected chi connectivity index (χ2v) is 3.07. The van der Waals surface area contributed by atoms with Crippen molar-refractivity contribution in [3.05, 3.63) is 54.4 Å². The number of allylic oxidation sites excluding steroid dienone is 2. The number of hydrogen-bond donors (Lipinski definition) is 0. The van der Waals surface area contributed by atoms with Crippen molar-refractivity contribution in [3.8, 4) is 0 Å². The molecule has 0 radical (unpaired) electrons. The fourth-order valence-corrected chi connectivity index (χ4v) is 1.27. The van der Waals surface area contributed by atoms with Gasteiger partial charge in [0.25, 0.3) is 0 Å². The number of hydrogen-bond acceptors (Lipinski definition) is 1. The summed E-state index contributed by atoms with van der Waals surface area (Å²) < 4.78 is 0. The summed E-state index contributed by atoms with van der Waals surface area (Å²) in [5.41, 5.74) is 3.57. The highest BCUT2D eigenvalue weighted by Crippen LogP contribution is 2.09. The topological polar surface area (TPSA) is 12.9 Å². The van der Waals surface area contributed by atoms with Crippen LogP contribution in [0.3, 0.4) is 0 Å². The van der Waals surface area contributed by atoms with Crippen LogP contribution in [0, 0.1) is 6.92 Å². The first kappa shape index (κ1) is 9.72. The van der Waals surface area contributed by atoms with E-state index in [4.69, 9.17) is 0 Å². The van der Waals surface area contributed by atoms with Crippen molar-refractivity contribution in [1.29, 1.82) is 0 Å². The molecule has 1 nitrogen and oxygen atoms in total. The molecule has 0 atom stereocenters. The third-order valence-electron chi connectivity index (χ3n) is 1.99. The van der Waals surface area contributed by atoms with Crippen molar-refractivity contribution >= 4 is 0 Å². The highest BCUT2D eigenvalue weighted by atomic mass is 14.7. The SMILES string of the molecule is C=CCc1cnc(C)c(CC=C)c1. The van der Waals surface area contributed by atoms with Crippen LogP contribution in [-0.4, -0.2) is 4.98 Å². The van der Waals surface area contributed by atoms with E-state index in [0.29, 0.717) is 0 Å². The fourth-order valence-electron chi connectivity index (χ4n) is 1.27. The van der Waals surface area contributed by atoms with Crippen LogP contribution in [0.5, 0.6) is 0 Å². The molecule has 0 aliphatic rings. The summed E-state index contributed by atoms with van der Waals surface area (Å²) in [4.78, 5) is 4.32. The van der Waals surface area contributed by atoms with Crippen molar-refractivity contribution < 1.29 is 0 Å². The molecule has 0 fully saturated rings. The van der Waals surface area contributed by atoms with Crippen LogP contribution in [0.2, 0.25) is 0 Å². The number of rotatable bonds is 4. The van der Waals surface area contributed by atoms with Crippen molar-refractivity contribution in [1.82, 2.24) is 4.98 Å². The average Bonchev–Trinajstić information content (AvgIpc) is 2.12. The van der Waals surface area contributed by atoms with Gasteiger partial charge < -0.3 is 0 Å². The Bertz CT molecular complexity index is 313. The van der Waals surface area contributed by atoms with E-state index in [0.717, 1.165) is 18.5 Å². The first-order valence-corrected chi connectivity index (χ1v) is 4.44. The number of aromatic nitrogens is 1. The zero-order valence-corrected chi connectivity index (χ0v) is 8.09. The van der Waals surface area contributed by atoms with Gasteiger partial charge in [0.1, 0.15) is 0 Å². The molecule has 68 valence electrons. The molecule has 0 saturated heterocycles. The van der Waals surface area contributed by atoms with Crippen LogP contribution in [0.4, 0.5) is 0 Å². The van der Waals surface area contributed by atoms with E-state index in [1.165, 1.54) is 11.1 Å². The quantitative estimate of drug-likeness (QED) is 0.638. The summed E-state index contributed by atoms with van der Waals surface area (Å²) in [6.07, 6.45) is 7.48. The normalized spacial score (nSPS) is 9.62. The molecule has 1 aromatic heterocycles. The van der Waals surface area contributed by atoms with E-state index in [2.05, 4.69) is 24.2 Å². The largest absolute Gasteiger partial charge is 0.261 e. The molecular formula is C12H15N. The van der Waals surface area contributed by atoms with Crippen LogP contribution < -0.4 is 0 Å². The number of nitrogens with zero attached hydrogens (tertiary/aromatic N) is 1. The van der Waals surface area contributed by atoms with E-state index in [9.17, 15) is 0 Å². The second kappa shape index (κ2) is 4.61. The minimum Gasteiger partial charge on any atom is -0.261 e. The first-order chi connectivity index (χ1) is 6.27. The van der Waals surface area contributed by atoms with Gasteiger partial charge in [-0.2, -0.15) is 0 Å². The Balaban J connectivity index is 2.95. The summed E-state index contributed by atoms with van der Waals surface area (Å²) in [5.74, 6) is 0. The average molecular weight is 173 g/mol. The third-order valence-corrected chi connectivity index (χ3v) is 1.99. The summed E-state index contributed by atoms with van der Waals surface area (Å²) in [7, 11) is 0. The molecule has 0 aliphatic heterocycles. The Hall–Kier alpha value is -1.37. The van der Waals surface area contributed by atoms with Crippen LogP contribution in [0.1, 0.15) is 16.8 Å². The van der Waals surface area contributed by atoms with E-state index in [1.807, 2.05) is 25.3 Å². The molecule has 0 N–H and O–H groups in total. The molecule has 0 amide bonds. The van der Waals surface area contributed by atoms with Gasteiger partial charge in [0.2, 0.25) is 0 Å². The molecule has 13 heavy (non-hydrogen) atoms. The van der Waals surface area contributed by atoms with Gasteiger partial charge in [0, 0.05) is 11.9 Å². The first-order valence-electron chi connectivity index (χ1n) is 4.44. The molecule has 0 saturated carbocycles. The maximum atomic E-state index is 4.32. The predicted octanol–water partition coefficient (Wildman–Crippen LogP) is 2.85. The van der Waals surface area contributed by atoms with E-state index in [1.54, 1.807) is 0 Å². The lowest BCUT2D eigenvalue weighted by Gasteiger charge is -2.04. The van der Waals surface area contributed by atoms with Gasteiger partial charge in [-0.1, -0.05) is 18.2 Å². The maximum Gasteiger partial charge on any atom is 0.0407 e. The van der Waals surface area contributed by atoms with Gasteiger partial charge in [-0.3, -0.25) is 4.98 Å². The van der Waals surface area contributed by atoms with Crippen molar-refractivity contribution in [2.45, 2.75) is 19.8 Å². The zero-order valence-electron chi connectivity index (χ0n) is 8.09. The molecule has 1 heteroatoms. The summed E-state index contributed by atoms with van der Waals surface area (Å²) >= 11 is 0. The van der Waals surface area contributed by atoms with Gasteiger partial charge in [-0.25, -0.2) is 0 Å². The Kier molecular flexibility index (Phi) is 3.44. The third kappa shape index (κ3) is 2.55. The fraction of sp³-hybridized carbons (Fsp3) is 0.250.